The average Bonchev–Trinajstić information content (AvgIpc) is 2.21. The third-order valence-electron chi connectivity index (χ3n) is 2.79. The molecule has 2 N–H and O–H groups in total. The summed E-state index contributed by atoms with van der Waals surface area (Å²) >= 11 is 0. The lowest BCUT2D eigenvalue weighted by Gasteiger charge is -2.29. The van der Waals surface area contributed by atoms with Crippen LogP contribution in [-0.2, 0) is 10.0 Å². The third kappa shape index (κ3) is 3.95. The number of alkyl halides is 2. The van der Waals surface area contributed by atoms with Crippen LogP contribution in [0.5, 0.6) is 0 Å². The summed E-state index contributed by atoms with van der Waals surface area (Å²) in [4.78, 5) is 0. The van der Waals surface area contributed by atoms with Gasteiger partial charge in [0, 0.05) is 12.1 Å². The molecule has 0 bridgehead atoms. The zero-order chi connectivity index (χ0) is 12.2. The van der Waals surface area contributed by atoms with Crippen molar-refractivity contribution in [2.45, 2.75) is 50.4 Å². The maximum absolute atomic E-state index is 12.1. The highest BCUT2D eigenvalue weighted by Crippen LogP contribution is 2.20. The number of rotatable bonds is 5. The predicted octanol–water partition coefficient (Wildman–Crippen LogP) is 1.05. The monoisotopic (exact) mass is 256 g/mol. The Morgan fingerprint density at radius 3 is 2.12 bits per heavy atom. The molecule has 0 heterocycles. The molecule has 0 aromatic carbocycles. The van der Waals surface area contributed by atoms with Gasteiger partial charge in [0.05, 0.1) is 0 Å². The van der Waals surface area contributed by atoms with Crippen molar-refractivity contribution >= 4 is 10.0 Å². The molecule has 0 amide bonds. The standard InChI is InChI=1S/C9H18F2N2O2S/c1-2-12-7-3-5-8(6-4-7)13-16(14,15)9(10)11/h7-9,12-13H,2-6H2,1H3. The van der Waals surface area contributed by atoms with Gasteiger partial charge in [-0.15, -0.1) is 0 Å². The van der Waals surface area contributed by atoms with E-state index in [9.17, 15) is 17.2 Å². The summed E-state index contributed by atoms with van der Waals surface area (Å²) in [7, 11) is -4.43. The molecule has 16 heavy (non-hydrogen) atoms. The molecule has 1 saturated carbocycles. The Hall–Kier alpha value is -0.270. The number of hydrogen-bond acceptors (Lipinski definition) is 3. The molecule has 1 fully saturated rings. The van der Waals surface area contributed by atoms with Gasteiger partial charge < -0.3 is 5.32 Å². The fourth-order valence-corrected chi connectivity index (χ4v) is 2.79. The van der Waals surface area contributed by atoms with Gasteiger partial charge in [-0.1, -0.05) is 6.92 Å². The number of nitrogens with one attached hydrogen (secondary N) is 2. The normalized spacial score (nSPS) is 27.2. The number of sulfonamides is 1. The van der Waals surface area contributed by atoms with Crippen molar-refractivity contribution in [3.63, 3.8) is 0 Å². The molecule has 0 unspecified atom stereocenters. The molecule has 0 atom stereocenters. The van der Waals surface area contributed by atoms with E-state index < -0.39 is 15.8 Å². The van der Waals surface area contributed by atoms with E-state index >= 15 is 0 Å². The van der Waals surface area contributed by atoms with Gasteiger partial charge >= 0.3 is 5.76 Å². The van der Waals surface area contributed by atoms with Crippen molar-refractivity contribution in [3.8, 4) is 0 Å². The van der Waals surface area contributed by atoms with Crippen LogP contribution in [0.25, 0.3) is 0 Å². The maximum Gasteiger partial charge on any atom is 0.350 e. The molecule has 0 aliphatic heterocycles. The first-order valence-electron chi connectivity index (χ1n) is 5.48. The van der Waals surface area contributed by atoms with E-state index in [-0.39, 0.29) is 6.04 Å². The molecule has 4 nitrogen and oxygen atoms in total. The van der Waals surface area contributed by atoms with Crippen LogP contribution >= 0.6 is 0 Å². The van der Waals surface area contributed by atoms with Crippen LogP contribution in [0.1, 0.15) is 32.6 Å². The third-order valence-corrected chi connectivity index (χ3v) is 3.92. The first kappa shape index (κ1) is 13.8. The molecular formula is C9H18F2N2O2S. The van der Waals surface area contributed by atoms with Gasteiger partial charge in [0.2, 0.25) is 0 Å². The van der Waals surface area contributed by atoms with Crippen molar-refractivity contribution in [3.05, 3.63) is 0 Å². The fraction of sp³-hybridized carbons (Fsp3) is 1.00. The maximum atomic E-state index is 12.1. The van der Waals surface area contributed by atoms with Crippen LogP contribution in [0, 0.1) is 0 Å². The molecule has 7 heteroatoms. The molecule has 0 spiro atoms. The molecule has 1 rings (SSSR count). The zero-order valence-corrected chi connectivity index (χ0v) is 10.1. The van der Waals surface area contributed by atoms with Gasteiger partial charge in [-0.2, -0.15) is 8.78 Å². The van der Waals surface area contributed by atoms with Gasteiger partial charge in [-0.25, -0.2) is 13.1 Å². The largest absolute Gasteiger partial charge is 0.350 e. The summed E-state index contributed by atoms with van der Waals surface area (Å²) in [6, 6.07) is 0.0474. The molecule has 1 aliphatic rings. The van der Waals surface area contributed by atoms with Gasteiger partial charge in [0.25, 0.3) is 10.0 Å². The van der Waals surface area contributed by atoms with Gasteiger partial charge in [0.1, 0.15) is 0 Å². The lowest BCUT2D eigenvalue weighted by Crippen LogP contribution is -2.43. The molecule has 0 radical (unpaired) electrons. The highest BCUT2D eigenvalue weighted by atomic mass is 32.2. The van der Waals surface area contributed by atoms with Crippen LogP contribution in [0.15, 0.2) is 0 Å². The smallest absolute Gasteiger partial charge is 0.314 e. The van der Waals surface area contributed by atoms with Gasteiger partial charge in [0.15, 0.2) is 0 Å². The molecule has 0 aromatic rings. The van der Waals surface area contributed by atoms with E-state index in [2.05, 4.69) is 10.0 Å². The van der Waals surface area contributed by atoms with E-state index in [1.165, 1.54) is 0 Å². The number of halogens is 2. The summed E-state index contributed by atoms with van der Waals surface area (Å²) < 4.78 is 48.1. The Labute approximate surface area is 94.8 Å². The first-order chi connectivity index (χ1) is 7.45. The van der Waals surface area contributed by atoms with E-state index in [4.69, 9.17) is 0 Å². The van der Waals surface area contributed by atoms with Crippen LogP contribution in [0.4, 0.5) is 8.78 Å². The highest BCUT2D eigenvalue weighted by molar-refractivity contribution is 7.89. The Bertz CT molecular complexity index is 301. The minimum Gasteiger partial charge on any atom is -0.314 e. The SMILES string of the molecule is CCNC1CCC(NS(=O)(=O)C(F)F)CC1. The second-order valence-corrected chi connectivity index (χ2v) is 5.71. The average molecular weight is 256 g/mol. The Morgan fingerprint density at radius 1 is 1.19 bits per heavy atom. The summed E-state index contributed by atoms with van der Waals surface area (Å²) in [6.45, 7) is 2.88. The summed E-state index contributed by atoms with van der Waals surface area (Å²) in [5.41, 5.74) is 0. The Morgan fingerprint density at radius 2 is 1.69 bits per heavy atom. The van der Waals surface area contributed by atoms with Gasteiger partial charge in [-0.3, -0.25) is 0 Å². The van der Waals surface area contributed by atoms with Crippen molar-refractivity contribution in [2.24, 2.45) is 0 Å². The van der Waals surface area contributed by atoms with E-state index in [1.54, 1.807) is 0 Å². The summed E-state index contributed by atoms with van der Waals surface area (Å²) in [5.74, 6) is -3.33. The van der Waals surface area contributed by atoms with Crippen LogP contribution in [-0.4, -0.2) is 32.8 Å². The van der Waals surface area contributed by atoms with E-state index in [1.807, 2.05) is 6.92 Å². The van der Waals surface area contributed by atoms with Crippen LogP contribution in [0.2, 0.25) is 0 Å². The molecular weight excluding hydrogens is 238 g/mol. The lowest BCUT2D eigenvalue weighted by atomic mass is 9.92. The topological polar surface area (TPSA) is 58.2 Å². The van der Waals surface area contributed by atoms with E-state index in [0.717, 1.165) is 19.4 Å². The van der Waals surface area contributed by atoms with E-state index in [0.29, 0.717) is 18.9 Å². The second-order valence-electron chi connectivity index (χ2n) is 4.03. The minimum atomic E-state index is -4.43. The Kier molecular flexibility index (Phi) is 5.07. The second kappa shape index (κ2) is 5.88. The zero-order valence-electron chi connectivity index (χ0n) is 9.25. The molecule has 0 saturated heterocycles. The van der Waals surface area contributed by atoms with Crippen molar-refractivity contribution in [2.75, 3.05) is 6.54 Å². The number of hydrogen-bond donors (Lipinski definition) is 2. The van der Waals surface area contributed by atoms with Crippen LogP contribution < -0.4 is 10.0 Å². The van der Waals surface area contributed by atoms with Crippen molar-refractivity contribution < 1.29 is 17.2 Å². The molecule has 0 aromatic heterocycles. The summed E-state index contributed by atoms with van der Waals surface area (Å²) in [5, 5.41) is 3.27. The quantitative estimate of drug-likeness (QED) is 0.773. The van der Waals surface area contributed by atoms with Crippen LogP contribution in [0.3, 0.4) is 0 Å². The first-order valence-corrected chi connectivity index (χ1v) is 7.03. The van der Waals surface area contributed by atoms with Gasteiger partial charge in [-0.05, 0) is 32.2 Å². The molecule has 1 aliphatic carbocycles. The molecule has 96 valence electrons. The summed E-state index contributed by atoms with van der Waals surface area (Å²) in [6.07, 6.45) is 2.88. The fourth-order valence-electron chi connectivity index (χ4n) is 1.99. The highest BCUT2D eigenvalue weighted by Gasteiger charge is 2.29. The van der Waals surface area contributed by atoms with Crippen molar-refractivity contribution in [1.82, 2.24) is 10.0 Å². The minimum absolute atomic E-state index is 0.339. The lowest BCUT2D eigenvalue weighted by molar-refractivity contribution is 0.229. The Balaban J connectivity index is 2.38. The predicted molar refractivity (Wildman–Crippen MR) is 57.8 cm³/mol. The van der Waals surface area contributed by atoms with Crippen molar-refractivity contribution in [1.29, 1.82) is 0 Å².